The van der Waals surface area contributed by atoms with Crippen LogP contribution in [0.25, 0.3) is 6.08 Å². The zero-order chi connectivity index (χ0) is 19.3. The van der Waals surface area contributed by atoms with Crippen molar-refractivity contribution in [3.63, 3.8) is 0 Å². The second-order valence-corrected chi connectivity index (χ2v) is 9.55. The van der Waals surface area contributed by atoms with Crippen molar-refractivity contribution in [1.29, 1.82) is 0 Å². The molecule has 0 spiro atoms. The van der Waals surface area contributed by atoms with E-state index in [9.17, 15) is 0 Å². The standard InChI is InChI=1S/C25H27N2P/c26-23-16-9-11-20(25(23)27)18-19-10-7-8-17-24(19)28(21-12-3-1-4-13-21)22-14-5-2-6-15-22/h1-8,10,12-15,17-18,23,25H,9,11,16,26-27H2. The van der Waals surface area contributed by atoms with E-state index in [0.29, 0.717) is 0 Å². The molecule has 28 heavy (non-hydrogen) atoms. The molecule has 0 aliphatic heterocycles. The molecule has 4 rings (SSSR count). The molecule has 0 aromatic heterocycles. The first kappa shape index (κ1) is 19.1. The van der Waals surface area contributed by atoms with Crippen LogP contribution >= 0.6 is 7.92 Å². The van der Waals surface area contributed by atoms with E-state index < -0.39 is 7.92 Å². The minimum atomic E-state index is -0.636. The Hall–Kier alpha value is -2.25. The highest BCUT2D eigenvalue weighted by molar-refractivity contribution is 7.80. The van der Waals surface area contributed by atoms with Crippen LogP contribution in [0.4, 0.5) is 0 Å². The van der Waals surface area contributed by atoms with Crippen LogP contribution in [0.2, 0.25) is 0 Å². The molecule has 1 aliphatic rings. The first-order chi connectivity index (χ1) is 13.7. The van der Waals surface area contributed by atoms with Crippen LogP contribution in [0, 0.1) is 0 Å². The summed E-state index contributed by atoms with van der Waals surface area (Å²) >= 11 is 0. The molecule has 1 saturated carbocycles. The first-order valence-electron chi connectivity index (χ1n) is 9.95. The third-order valence-electron chi connectivity index (χ3n) is 5.44. The minimum Gasteiger partial charge on any atom is -0.326 e. The quantitative estimate of drug-likeness (QED) is 0.673. The lowest BCUT2D eigenvalue weighted by molar-refractivity contribution is 0.465. The van der Waals surface area contributed by atoms with Gasteiger partial charge in [0.15, 0.2) is 0 Å². The highest BCUT2D eigenvalue weighted by atomic mass is 31.1. The van der Waals surface area contributed by atoms with E-state index in [1.165, 1.54) is 27.1 Å². The molecular weight excluding hydrogens is 359 g/mol. The molecule has 3 aromatic carbocycles. The summed E-state index contributed by atoms with van der Waals surface area (Å²) in [7, 11) is -0.636. The maximum absolute atomic E-state index is 6.43. The van der Waals surface area contributed by atoms with E-state index >= 15 is 0 Å². The van der Waals surface area contributed by atoms with Gasteiger partial charge in [0.2, 0.25) is 0 Å². The van der Waals surface area contributed by atoms with Crippen molar-refractivity contribution in [2.75, 3.05) is 0 Å². The van der Waals surface area contributed by atoms with Crippen molar-refractivity contribution in [1.82, 2.24) is 0 Å². The predicted molar refractivity (Wildman–Crippen MR) is 123 cm³/mol. The van der Waals surface area contributed by atoms with Gasteiger partial charge in [-0.25, -0.2) is 0 Å². The van der Waals surface area contributed by atoms with Crippen molar-refractivity contribution in [2.45, 2.75) is 31.3 Å². The third-order valence-corrected chi connectivity index (χ3v) is 7.96. The summed E-state index contributed by atoms with van der Waals surface area (Å²) < 4.78 is 0. The second kappa shape index (κ2) is 8.84. The van der Waals surface area contributed by atoms with E-state index in [1.807, 2.05) is 0 Å². The maximum Gasteiger partial charge on any atom is 0.0411 e. The summed E-state index contributed by atoms with van der Waals surface area (Å²) in [6.07, 6.45) is 5.48. The summed E-state index contributed by atoms with van der Waals surface area (Å²) in [5.41, 5.74) is 15.2. The predicted octanol–water partition coefficient (Wildman–Crippen LogP) is 3.67. The van der Waals surface area contributed by atoms with Crippen LogP contribution in [0.1, 0.15) is 24.8 Å². The Labute approximate surface area is 169 Å². The molecule has 0 radical (unpaired) electrons. The minimum absolute atomic E-state index is 0.0403. The van der Waals surface area contributed by atoms with Crippen LogP contribution in [-0.2, 0) is 0 Å². The van der Waals surface area contributed by atoms with Crippen molar-refractivity contribution >= 4 is 29.9 Å². The molecule has 0 bridgehead atoms. The normalized spacial score (nSPS) is 21.2. The van der Waals surface area contributed by atoms with Crippen molar-refractivity contribution in [2.24, 2.45) is 11.5 Å². The Bertz CT molecular complexity index is 898. The van der Waals surface area contributed by atoms with E-state index in [0.717, 1.165) is 19.3 Å². The Balaban J connectivity index is 1.82. The summed E-state index contributed by atoms with van der Waals surface area (Å²) in [6.45, 7) is 0. The van der Waals surface area contributed by atoms with Crippen molar-refractivity contribution in [3.05, 3.63) is 96.1 Å². The monoisotopic (exact) mass is 386 g/mol. The second-order valence-electron chi connectivity index (χ2n) is 7.37. The zero-order valence-corrected chi connectivity index (χ0v) is 16.9. The number of rotatable bonds is 4. The molecule has 0 saturated heterocycles. The van der Waals surface area contributed by atoms with E-state index in [1.54, 1.807) is 0 Å². The fourth-order valence-electron chi connectivity index (χ4n) is 3.93. The van der Waals surface area contributed by atoms with Gasteiger partial charge in [-0.15, -0.1) is 0 Å². The number of hydrogen-bond donors (Lipinski definition) is 2. The van der Waals surface area contributed by atoms with Gasteiger partial charge in [-0.1, -0.05) is 96.6 Å². The maximum atomic E-state index is 6.43. The van der Waals surface area contributed by atoms with E-state index in [4.69, 9.17) is 11.5 Å². The Morgan fingerprint density at radius 2 is 1.32 bits per heavy atom. The molecule has 0 heterocycles. The van der Waals surface area contributed by atoms with Gasteiger partial charge in [-0.2, -0.15) is 0 Å². The Morgan fingerprint density at radius 1 is 0.750 bits per heavy atom. The molecule has 4 N–H and O–H groups in total. The average molecular weight is 386 g/mol. The fourth-order valence-corrected chi connectivity index (χ4v) is 6.35. The summed E-state index contributed by atoms with van der Waals surface area (Å²) in [5, 5.41) is 4.09. The van der Waals surface area contributed by atoms with Gasteiger partial charge >= 0.3 is 0 Å². The molecule has 0 amide bonds. The topological polar surface area (TPSA) is 52.0 Å². The van der Waals surface area contributed by atoms with Crippen LogP contribution in [-0.4, -0.2) is 12.1 Å². The van der Waals surface area contributed by atoms with Gasteiger partial charge in [0.25, 0.3) is 0 Å². The Kier molecular flexibility index (Phi) is 6.02. The summed E-state index contributed by atoms with van der Waals surface area (Å²) in [5.74, 6) is 0. The van der Waals surface area contributed by atoms with Crippen LogP contribution in [0.15, 0.2) is 90.5 Å². The molecule has 3 aromatic rings. The fraction of sp³-hybridized carbons (Fsp3) is 0.200. The number of benzene rings is 3. The van der Waals surface area contributed by atoms with Crippen LogP contribution in [0.5, 0.6) is 0 Å². The highest BCUT2D eigenvalue weighted by Gasteiger charge is 2.24. The molecule has 2 nitrogen and oxygen atoms in total. The van der Waals surface area contributed by atoms with Gasteiger partial charge in [0, 0.05) is 12.1 Å². The van der Waals surface area contributed by atoms with Crippen LogP contribution < -0.4 is 27.4 Å². The smallest absolute Gasteiger partial charge is 0.0411 e. The van der Waals surface area contributed by atoms with Crippen molar-refractivity contribution < 1.29 is 0 Å². The van der Waals surface area contributed by atoms with Gasteiger partial charge in [0.1, 0.15) is 0 Å². The lowest BCUT2D eigenvalue weighted by Crippen LogP contribution is -2.45. The van der Waals surface area contributed by atoms with Gasteiger partial charge in [-0.3, -0.25) is 0 Å². The lowest BCUT2D eigenvalue weighted by Gasteiger charge is -2.29. The first-order valence-corrected chi connectivity index (χ1v) is 11.3. The lowest BCUT2D eigenvalue weighted by atomic mass is 9.86. The van der Waals surface area contributed by atoms with Crippen molar-refractivity contribution in [3.8, 4) is 0 Å². The molecule has 1 aliphatic carbocycles. The van der Waals surface area contributed by atoms with Crippen LogP contribution in [0.3, 0.4) is 0 Å². The summed E-state index contributed by atoms with van der Waals surface area (Å²) in [4.78, 5) is 0. The Morgan fingerprint density at radius 3 is 1.96 bits per heavy atom. The van der Waals surface area contributed by atoms with Gasteiger partial charge < -0.3 is 11.5 Å². The number of hydrogen-bond acceptors (Lipinski definition) is 2. The zero-order valence-electron chi connectivity index (χ0n) is 16.0. The third kappa shape index (κ3) is 4.10. The largest absolute Gasteiger partial charge is 0.326 e. The molecule has 3 heteroatoms. The van der Waals surface area contributed by atoms with Gasteiger partial charge in [0.05, 0.1) is 0 Å². The molecule has 142 valence electrons. The molecule has 2 atom stereocenters. The van der Waals surface area contributed by atoms with Gasteiger partial charge in [-0.05, 0) is 48.7 Å². The van der Waals surface area contributed by atoms with E-state index in [2.05, 4.69) is 91.0 Å². The van der Waals surface area contributed by atoms with E-state index in [-0.39, 0.29) is 12.1 Å². The highest BCUT2D eigenvalue weighted by Crippen LogP contribution is 2.35. The molecule has 2 unspecified atom stereocenters. The average Bonchev–Trinajstić information content (AvgIpc) is 2.74. The SMILES string of the molecule is NC1CCCC(=Cc2ccccc2P(c2ccccc2)c2ccccc2)C1N. The molecular formula is C25H27N2P. The molecule has 1 fully saturated rings. The summed E-state index contributed by atoms with van der Waals surface area (Å²) in [6, 6.07) is 30.4. The number of nitrogens with two attached hydrogens (primary N) is 2.